The Kier molecular flexibility index (Phi) is 2.52. The zero-order valence-electron chi connectivity index (χ0n) is 8.66. The van der Waals surface area contributed by atoms with Gasteiger partial charge in [0.05, 0.1) is 23.1 Å². The molecule has 1 heterocycles. The molecule has 0 fully saturated rings. The van der Waals surface area contributed by atoms with E-state index in [1.165, 1.54) is 0 Å². The minimum absolute atomic E-state index is 0.700. The Morgan fingerprint density at radius 3 is 2.73 bits per heavy atom. The highest BCUT2D eigenvalue weighted by molar-refractivity contribution is 9.10. The molecule has 0 aliphatic heterocycles. The molecule has 0 aliphatic rings. The fourth-order valence-electron chi connectivity index (χ4n) is 1.67. The van der Waals surface area contributed by atoms with Crippen molar-refractivity contribution in [3.63, 3.8) is 0 Å². The van der Waals surface area contributed by atoms with E-state index in [9.17, 15) is 0 Å². The zero-order valence-corrected chi connectivity index (χ0v) is 10.2. The third-order valence-electron chi connectivity index (χ3n) is 2.28. The molecule has 15 heavy (non-hydrogen) atoms. The van der Waals surface area contributed by atoms with Gasteiger partial charge >= 0.3 is 0 Å². The molecule has 0 bridgehead atoms. The molecule has 2 N–H and O–H groups in total. The summed E-state index contributed by atoms with van der Waals surface area (Å²) < 4.78 is 1.03. The summed E-state index contributed by atoms with van der Waals surface area (Å²) >= 11 is 3.45. The fraction of sp³-hybridized carbons (Fsp3) is 0.182. The van der Waals surface area contributed by atoms with E-state index in [-0.39, 0.29) is 0 Å². The van der Waals surface area contributed by atoms with E-state index in [1.807, 2.05) is 37.2 Å². The molecule has 2 rings (SSSR count). The van der Waals surface area contributed by atoms with Crippen molar-refractivity contribution >= 4 is 38.2 Å². The maximum Gasteiger partial charge on any atom is 0.0744 e. The van der Waals surface area contributed by atoms with Gasteiger partial charge in [0.25, 0.3) is 0 Å². The number of fused-ring (bicyclic) bond motifs is 1. The second-order valence-electron chi connectivity index (χ2n) is 3.62. The number of nitrogens with two attached hydrogens (primary N) is 1. The Morgan fingerprint density at radius 1 is 1.33 bits per heavy atom. The Hall–Kier alpha value is -1.29. The first-order valence-corrected chi connectivity index (χ1v) is 5.40. The average Bonchev–Trinajstić information content (AvgIpc) is 2.16. The van der Waals surface area contributed by atoms with E-state index in [0.29, 0.717) is 5.69 Å². The molecule has 0 radical (unpaired) electrons. The minimum atomic E-state index is 0.700. The highest BCUT2D eigenvalue weighted by Crippen LogP contribution is 2.31. The summed E-state index contributed by atoms with van der Waals surface area (Å²) in [5, 5.41) is 1.06. The number of nitrogens with zero attached hydrogens (tertiary/aromatic N) is 2. The summed E-state index contributed by atoms with van der Waals surface area (Å²) in [5.74, 6) is 0. The number of halogens is 1. The van der Waals surface area contributed by atoms with Gasteiger partial charge in [-0.3, -0.25) is 4.98 Å². The van der Waals surface area contributed by atoms with Gasteiger partial charge in [0, 0.05) is 24.0 Å². The van der Waals surface area contributed by atoms with Crippen molar-refractivity contribution in [3.8, 4) is 0 Å². The van der Waals surface area contributed by atoms with Crippen LogP contribution in [0.25, 0.3) is 10.9 Å². The molecular formula is C11H12BrN3. The number of benzene rings is 1. The lowest BCUT2D eigenvalue weighted by Gasteiger charge is -2.17. The van der Waals surface area contributed by atoms with Gasteiger partial charge in [0.1, 0.15) is 0 Å². The van der Waals surface area contributed by atoms with Gasteiger partial charge in [-0.25, -0.2) is 0 Å². The minimum Gasteiger partial charge on any atom is -0.396 e. The van der Waals surface area contributed by atoms with Crippen LogP contribution in [0.4, 0.5) is 11.4 Å². The van der Waals surface area contributed by atoms with Crippen LogP contribution in [0.2, 0.25) is 0 Å². The van der Waals surface area contributed by atoms with Crippen LogP contribution in [0, 0.1) is 0 Å². The van der Waals surface area contributed by atoms with E-state index in [0.717, 1.165) is 21.1 Å². The van der Waals surface area contributed by atoms with Crippen LogP contribution in [-0.4, -0.2) is 19.1 Å². The quantitative estimate of drug-likeness (QED) is 0.862. The maximum atomic E-state index is 5.92. The van der Waals surface area contributed by atoms with Crippen molar-refractivity contribution in [2.45, 2.75) is 0 Å². The summed E-state index contributed by atoms with van der Waals surface area (Å²) in [6, 6.07) is 5.99. The predicted molar refractivity (Wildman–Crippen MR) is 68.2 cm³/mol. The van der Waals surface area contributed by atoms with Crippen LogP contribution in [-0.2, 0) is 0 Å². The Balaban J connectivity index is 2.84. The lowest BCUT2D eigenvalue weighted by molar-refractivity contribution is 1.14. The Bertz CT molecular complexity index is 503. The Labute approximate surface area is 97.0 Å². The summed E-state index contributed by atoms with van der Waals surface area (Å²) in [5.41, 5.74) is 8.59. The number of pyridine rings is 1. The molecule has 0 unspecified atom stereocenters. The van der Waals surface area contributed by atoms with Gasteiger partial charge in [-0.15, -0.1) is 0 Å². The molecule has 78 valence electrons. The average molecular weight is 266 g/mol. The van der Waals surface area contributed by atoms with Crippen molar-refractivity contribution in [1.82, 2.24) is 4.98 Å². The monoisotopic (exact) mass is 265 g/mol. The van der Waals surface area contributed by atoms with Crippen LogP contribution in [0.3, 0.4) is 0 Å². The van der Waals surface area contributed by atoms with Crippen molar-refractivity contribution in [3.05, 3.63) is 28.9 Å². The third-order valence-corrected chi connectivity index (χ3v) is 2.77. The second kappa shape index (κ2) is 3.70. The van der Waals surface area contributed by atoms with Crippen LogP contribution in [0.5, 0.6) is 0 Å². The molecule has 0 amide bonds. The normalized spacial score (nSPS) is 10.6. The van der Waals surface area contributed by atoms with Crippen molar-refractivity contribution in [2.24, 2.45) is 0 Å². The number of hydrogen-bond acceptors (Lipinski definition) is 3. The fourth-order valence-corrected chi connectivity index (χ4v) is 2.03. The second-order valence-corrected chi connectivity index (χ2v) is 4.53. The van der Waals surface area contributed by atoms with Crippen molar-refractivity contribution in [1.29, 1.82) is 0 Å². The van der Waals surface area contributed by atoms with E-state index < -0.39 is 0 Å². The van der Waals surface area contributed by atoms with Crippen LogP contribution in [0.1, 0.15) is 0 Å². The summed E-state index contributed by atoms with van der Waals surface area (Å²) in [6.07, 6.45) is 1.70. The van der Waals surface area contributed by atoms with Crippen LogP contribution in [0.15, 0.2) is 28.9 Å². The molecule has 0 aliphatic carbocycles. The summed E-state index contributed by atoms with van der Waals surface area (Å²) in [4.78, 5) is 6.30. The van der Waals surface area contributed by atoms with Crippen LogP contribution < -0.4 is 10.6 Å². The Morgan fingerprint density at radius 2 is 2.07 bits per heavy atom. The van der Waals surface area contributed by atoms with E-state index in [4.69, 9.17) is 5.73 Å². The number of rotatable bonds is 1. The lowest BCUT2D eigenvalue weighted by atomic mass is 10.1. The smallest absolute Gasteiger partial charge is 0.0744 e. The van der Waals surface area contributed by atoms with Gasteiger partial charge < -0.3 is 10.6 Å². The van der Waals surface area contributed by atoms with E-state index in [1.54, 1.807) is 6.20 Å². The summed E-state index contributed by atoms with van der Waals surface area (Å²) in [6.45, 7) is 0. The van der Waals surface area contributed by atoms with Gasteiger partial charge in [-0.05, 0) is 18.2 Å². The first kappa shape index (κ1) is 10.2. The third kappa shape index (κ3) is 1.77. The lowest BCUT2D eigenvalue weighted by Crippen LogP contribution is -2.12. The number of anilines is 2. The standard InChI is InChI=1S/C11H12BrN3/c1-15(2)11-8-5-7(12)3-4-10(8)14-6-9(11)13/h3-6H,13H2,1-2H3. The molecule has 3 nitrogen and oxygen atoms in total. The molecular weight excluding hydrogens is 254 g/mol. The topological polar surface area (TPSA) is 42.1 Å². The van der Waals surface area contributed by atoms with Crippen molar-refractivity contribution < 1.29 is 0 Å². The molecule has 4 heteroatoms. The first-order valence-electron chi connectivity index (χ1n) is 4.60. The molecule has 2 aromatic rings. The predicted octanol–water partition coefficient (Wildman–Crippen LogP) is 2.65. The zero-order chi connectivity index (χ0) is 11.0. The number of hydrogen-bond donors (Lipinski definition) is 1. The van der Waals surface area contributed by atoms with Gasteiger partial charge in [0.15, 0.2) is 0 Å². The summed E-state index contributed by atoms with van der Waals surface area (Å²) in [7, 11) is 3.96. The van der Waals surface area contributed by atoms with Gasteiger partial charge in [0.2, 0.25) is 0 Å². The molecule has 1 aromatic carbocycles. The molecule has 0 saturated heterocycles. The van der Waals surface area contributed by atoms with Gasteiger partial charge in [-0.2, -0.15) is 0 Å². The van der Waals surface area contributed by atoms with Crippen molar-refractivity contribution in [2.75, 3.05) is 24.7 Å². The molecule has 0 atom stereocenters. The number of aromatic nitrogens is 1. The molecule has 1 aromatic heterocycles. The first-order chi connectivity index (χ1) is 7.09. The highest BCUT2D eigenvalue weighted by atomic mass is 79.9. The molecule has 0 saturated carbocycles. The van der Waals surface area contributed by atoms with E-state index in [2.05, 4.69) is 20.9 Å². The largest absolute Gasteiger partial charge is 0.396 e. The van der Waals surface area contributed by atoms with Gasteiger partial charge in [-0.1, -0.05) is 15.9 Å². The highest BCUT2D eigenvalue weighted by Gasteiger charge is 2.08. The van der Waals surface area contributed by atoms with Crippen LogP contribution >= 0.6 is 15.9 Å². The molecule has 0 spiro atoms. The van der Waals surface area contributed by atoms with E-state index >= 15 is 0 Å². The number of nitrogen functional groups attached to an aromatic ring is 1. The maximum absolute atomic E-state index is 5.92. The SMILES string of the molecule is CN(C)c1c(N)cnc2ccc(Br)cc12.